The van der Waals surface area contributed by atoms with Crippen molar-refractivity contribution >= 4 is 23.1 Å². The van der Waals surface area contributed by atoms with Gasteiger partial charge in [-0.05, 0) is 0 Å². The lowest BCUT2D eigenvalue weighted by Crippen LogP contribution is -2.06. The zero-order valence-corrected chi connectivity index (χ0v) is 9.54. The average molecular weight is 290 g/mol. The van der Waals surface area contributed by atoms with Crippen LogP contribution in [0.2, 0.25) is 0 Å². The van der Waals surface area contributed by atoms with E-state index in [0.29, 0.717) is 6.08 Å². The highest BCUT2D eigenvalue weighted by atomic mass is 19.2. The molecule has 0 saturated carbocycles. The summed E-state index contributed by atoms with van der Waals surface area (Å²) in [6.45, 7) is 3.00. The highest BCUT2D eigenvalue weighted by Crippen LogP contribution is 2.34. The van der Waals surface area contributed by atoms with Crippen molar-refractivity contribution in [3.63, 3.8) is 0 Å². The molecule has 20 heavy (non-hydrogen) atoms. The maximum absolute atomic E-state index is 13.8. The lowest BCUT2D eigenvalue weighted by molar-refractivity contribution is 0.111. The van der Waals surface area contributed by atoms with Gasteiger partial charge in [0.2, 0.25) is 0 Å². The molecule has 0 aliphatic rings. The molecule has 0 spiro atoms. The summed E-state index contributed by atoms with van der Waals surface area (Å²) in [5.74, 6) is -11.3. The van der Waals surface area contributed by atoms with Gasteiger partial charge < -0.3 is 0 Å². The molecule has 2 aromatic rings. The molecule has 0 heterocycles. The summed E-state index contributed by atoms with van der Waals surface area (Å²) in [6.07, 6.45) is 0.125. The van der Waals surface area contributed by atoms with Crippen molar-refractivity contribution in [2.45, 2.75) is 0 Å². The van der Waals surface area contributed by atoms with Crippen LogP contribution >= 0.6 is 0 Å². The Hall–Kier alpha value is -2.31. The number of rotatable bonds is 2. The van der Waals surface area contributed by atoms with Crippen LogP contribution in [0.3, 0.4) is 0 Å². The molecule has 0 aliphatic heterocycles. The van der Waals surface area contributed by atoms with Crippen molar-refractivity contribution in [1.82, 2.24) is 0 Å². The predicted molar refractivity (Wildman–Crippen MR) is 59.2 cm³/mol. The average Bonchev–Trinajstić information content (AvgIpc) is 2.41. The number of hydrogen-bond acceptors (Lipinski definition) is 1. The third-order valence-corrected chi connectivity index (χ3v) is 2.78. The molecular formula is C13H4F6O. The van der Waals surface area contributed by atoms with E-state index >= 15 is 0 Å². The number of hydrogen-bond donors (Lipinski definition) is 0. The van der Waals surface area contributed by atoms with Crippen LogP contribution in [0.25, 0.3) is 16.8 Å². The molecule has 0 fully saturated rings. The summed E-state index contributed by atoms with van der Waals surface area (Å²) in [7, 11) is 0. The maximum Gasteiger partial charge on any atom is 0.173 e. The number of carbonyl (C=O) groups is 1. The van der Waals surface area contributed by atoms with Gasteiger partial charge in [0, 0.05) is 5.56 Å². The predicted octanol–water partition coefficient (Wildman–Crippen LogP) is 4.13. The van der Waals surface area contributed by atoms with Crippen LogP contribution in [0.15, 0.2) is 6.58 Å². The third kappa shape index (κ3) is 1.62. The van der Waals surface area contributed by atoms with Gasteiger partial charge in [0.05, 0.1) is 16.3 Å². The van der Waals surface area contributed by atoms with Crippen molar-refractivity contribution < 1.29 is 31.1 Å². The second kappa shape index (κ2) is 4.66. The Labute approximate surface area is 108 Å². The summed E-state index contributed by atoms with van der Waals surface area (Å²) < 4.78 is 81.8. The van der Waals surface area contributed by atoms with Crippen LogP contribution in [0.4, 0.5) is 26.3 Å². The van der Waals surface area contributed by atoms with E-state index in [1.165, 1.54) is 0 Å². The van der Waals surface area contributed by atoms with E-state index in [2.05, 4.69) is 6.58 Å². The lowest BCUT2D eigenvalue weighted by Gasteiger charge is -2.11. The third-order valence-electron chi connectivity index (χ3n) is 2.78. The van der Waals surface area contributed by atoms with Gasteiger partial charge in [-0.25, -0.2) is 26.3 Å². The van der Waals surface area contributed by atoms with Crippen LogP contribution in [-0.2, 0) is 0 Å². The van der Waals surface area contributed by atoms with Gasteiger partial charge in [0.25, 0.3) is 0 Å². The van der Waals surface area contributed by atoms with Gasteiger partial charge in [0.1, 0.15) is 11.6 Å². The van der Waals surface area contributed by atoms with Gasteiger partial charge in [-0.1, -0.05) is 12.7 Å². The first kappa shape index (κ1) is 14.1. The van der Waals surface area contributed by atoms with Crippen LogP contribution in [0.1, 0.15) is 15.9 Å². The molecule has 1 nitrogen and oxygen atoms in total. The van der Waals surface area contributed by atoms with Crippen molar-refractivity contribution in [3.8, 4) is 0 Å². The highest BCUT2D eigenvalue weighted by Gasteiger charge is 2.29. The molecule has 0 atom stereocenters. The van der Waals surface area contributed by atoms with E-state index in [-0.39, 0.29) is 0 Å². The monoisotopic (exact) mass is 290 g/mol. The van der Waals surface area contributed by atoms with Gasteiger partial charge in [-0.2, -0.15) is 0 Å². The molecular weight excluding hydrogens is 286 g/mol. The Kier molecular flexibility index (Phi) is 3.29. The summed E-state index contributed by atoms with van der Waals surface area (Å²) in [5.41, 5.74) is -2.51. The second-order valence-electron chi connectivity index (χ2n) is 3.78. The molecule has 2 aromatic carbocycles. The molecule has 0 aromatic heterocycles. The Morgan fingerprint density at radius 2 is 1.05 bits per heavy atom. The van der Waals surface area contributed by atoms with Crippen LogP contribution in [0, 0.1) is 34.9 Å². The van der Waals surface area contributed by atoms with Gasteiger partial charge in [-0.15, -0.1) is 0 Å². The van der Waals surface area contributed by atoms with Crippen LogP contribution in [0.5, 0.6) is 0 Å². The normalized spacial score (nSPS) is 10.9. The van der Waals surface area contributed by atoms with E-state index in [1.807, 2.05) is 0 Å². The van der Waals surface area contributed by atoms with Crippen molar-refractivity contribution in [2.75, 3.05) is 0 Å². The molecule has 0 saturated heterocycles. The Morgan fingerprint density at radius 1 is 0.650 bits per heavy atom. The smallest absolute Gasteiger partial charge is 0.173 e. The van der Waals surface area contributed by atoms with E-state index in [4.69, 9.17) is 0 Å². The van der Waals surface area contributed by atoms with Gasteiger partial charge in [-0.3, -0.25) is 4.79 Å². The quantitative estimate of drug-likeness (QED) is 0.462. The van der Waals surface area contributed by atoms with Crippen molar-refractivity contribution in [3.05, 3.63) is 52.6 Å². The standard InChI is InChI=1S/C13H4F6O/c1-2-4-8(14)6-7(12(18)10(4)16)9(15)5(3-20)11(17)13(6)19/h2-3H,1H2. The van der Waals surface area contributed by atoms with E-state index in [0.717, 1.165) is 0 Å². The largest absolute Gasteiger partial charge is 0.298 e. The zero-order valence-electron chi connectivity index (χ0n) is 9.54. The Morgan fingerprint density at radius 3 is 1.45 bits per heavy atom. The minimum absolute atomic E-state index is 0.413. The minimum Gasteiger partial charge on any atom is -0.298 e. The summed E-state index contributed by atoms with van der Waals surface area (Å²) in [5, 5.41) is -2.88. The molecule has 0 radical (unpaired) electrons. The summed E-state index contributed by atoms with van der Waals surface area (Å²) in [6, 6.07) is 0. The molecule has 0 amide bonds. The SMILES string of the molecule is C=Cc1c(F)c(F)c2c(F)c(C=O)c(F)c(F)c2c1F. The first-order valence-electron chi connectivity index (χ1n) is 5.11. The lowest BCUT2D eigenvalue weighted by atomic mass is 10.00. The molecule has 0 aliphatic carbocycles. The van der Waals surface area contributed by atoms with Crippen LogP contribution in [-0.4, -0.2) is 6.29 Å². The topological polar surface area (TPSA) is 17.1 Å². The Bertz CT molecular complexity index is 701. The number of aldehydes is 1. The van der Waals surface area contributed by atoms with Crippen molar-refractivity contribution in [1.29, 1.82) is 0 Å². The van der Waals surface area contributed by atoms with E-state index in [1.54, 1.807) is 0 Å². The second-order valence-corrected chi connectivity index (χ2v) is 3.78. The molecule has 7 heteroatoms. The fourth-order valence-electron chi connectivity index (χ4n) is 1.83. The highest BCUT2D eigenvalue weighted by molar-refractivity contribution is 5.93. The summed E-state index contributed by atoms with van der Waals surface area (Å²) >= 11 is 0. The molecule has 0 bridgehead atoms. The molecule has 0 N–H and O–H groups in total. The number of benzene rings is 2. The zero-order chi connectivity index (χ0) is 15.2. The fraction of sp³-hybridized carbons (Fsp3) is 0. The minimum atomic E-state index is -1.98. The van der Waals surface area contributed by atoms with Gasteiger partial charge in [0.15, 0.2) is 29.6 Å². The summed E-state index contributed by atoms with van der Waals surface area (Å²) in [4.78, 5) is 10.5. The molecule has 0 unspecified atom stereocenters. The molecule has 2 rings (SSSR count). The van der Waals surface area contributed by atoms with Crippen molar-refractivity contribution in [2.24, 2.45) is 0 Å². The Balaban J connectivity index is 3.23. The maximum atomic E-state index is 13.8. The first-order valence-corrected chi connectivity index (χ1v) is 5.11. The van der Waals surface area contributed by atoms with Crippen LogP contribution < -0.4 is 0 Å². The molecule has 104 valence electrons. The van der Waals surface area contributed by atoms with Gasteiger partial charge >= 0.3 is 0 Å². The number of fused-ring (bicyclic) bond motifs is 1. The van der Waals surface area contributed by atoms with E-state index in [9.17, 15) is 31.1 Å². The number of halogens is 6. The van der Waals surface area contributed by atoms with E-state index < -0.39 is 63.1 Å². The first-order chi connectivity index (χ1) is 9.36. The fourth-order valence-corrected chi connectivity index (χ4v) is 1.83. The number of carbonyl (C=O) groups excluding carboxylic acids is 1.